The van der Waals surface area contributed by atoms with Crippen LogP contribution in [0, 0.1) is 17.2 Å². The van der Waals surface area contributed by atoms with Crippen molar-refractivity contribution in [3.05, 3.63) is 23.4 Å². The van der Waals surface area contributed by atoms with Crippen LogP contribution in [0.15, 0.2) is 12.1 Å². The van der Waals surface area contributed by atoms with Crippen LogP contribution in [0.25, 0.3) is 0 Å². The van der Waals surface area contributed by atoms with E-state index in [4.69, 9.17) is 15.7 Å². The van der Waals surface area contributed by atoms with Crippen molar-refractivity contribution >= 4 is 0 Å². The first-order valence-corrected chi connectivity index (χ1v) is 6.30. The van der Waals surface area contributed by atoms with Crippen molar-refractivity contribution in [3.8, 4) is 11.9 Å². The minimum Gasteiger partial charge on any atom is -0.473 e. The first-order valence-electron chi connectivity index (χ1n) is 6.30. The molecule has 7 heteroatoms. The summed E-state index contributed by atoms with van der Waals surface area (Å²) in [5.41, 5.74) is 4.54. The molecule has 1 saturated carbocycles. The van der Waals surface area contributed by atoms with Gasteiger partial charge < -0.3 is 10.5 Å². The van der Waals surface area contributed by atoms with Gasteiger partial charge in [0.15, 0.2) is 0 Å². The number of hydrogen-bond donors (Lipinski definition) is 1. The number of alkyl halides is 3. The van der Waals surface area contributed by atoms with Gasteiger partial charge in [-0.25, -0.2) is 4.98 Å². The van der Waals surface area contributed by atoms with Crippen LogP contribution in [0.5, 0.6) is 5.88 Å². The number of nitriles is 1. The molecule has 20 heavy (non-hydrogen) atoms. The van der Waals surface area contributed by atoms with Gasteiger partial charge in [-0.2, -0.15) is 18.4 Å². The predicted octanol–water partition coefficient (Wildman–Crippen LogP) is 2.48. The third-order valence-electron chi connectivity index (χ3n) is 3.43. The maximum atomic E-state index is 12.6. The Balaban J connectivity index is 2.27. The lowest BCUT2D eigenvalue weighted by molar-refractivity contribution is -0.141. The van der Waals surface area contributed by atoms with E-state index in [2.05, 4.69) is 4.98 Å². The van der Waals surface area contributed by atoms with Gasteiger partial charge >= 0.3 is 6.18 Å². The number of aromatic nitrogens is 1. The number of nitrogens with two attached hydrogens (primary N) is 1. The second-order valence-corrected chi connectivity index (χ2v) is 4.74. The molecule has 0 spiro atoms. The summed E-state index contributed by atoms with van der Waals surface area (Å²) in [4.78, 5) is 3.44. The number of rotatable bonds is 3. The smallest absolute Gasteiger partial charge is 0.433 e. The Kier molecular flexibility index (Phi) is 4.14. The SMILES string of the molecule is N#Cc1ccc(C(F)(F)F)nc1OC1CCCC1CN. The van der Waals surface area contributed by atoms with Crippen LogP contribution in [0.4, 0.5) is 13.2 Å². The second-order valence-electron chi connectivity index (χ2n) is 4.74. The van der Waals surface area contributed by atoms with Gasteiger partial charge in [0, 0.05) is 5.92 Å². The van der Waals surface area contributed by atoms with E-state index in [-0.39, 0.29) is 23.5 Å². The number of pyridine rings is 1. The quantitative estimate of drug-likeness (QED) is 0.926. The van der Waals surface area contributed by atoms with Crippen molar-refractivity contribution in [2.24, 2.45) is 11.7 Å². The summed E-state index contributed by atoms with van der Waals surface area (Å²) < 4.78 is 43.4. The van der Waals surface area contributed by atoms with Gasteiger partial charge in [0.05, 0.1) is 0 Å². The molecule has 2 unspecified atom stereocenters. The minimum absolute atomic E-state index is 0.000622. The average Bonchev–Trinajstić information content (AvgIpc) is 2.85. The van der Waals surface area contributed by atoms with E-state index in [9.17, 15) is 13.2 Å². The molecule has 0 amide bonds. The van der Waals surface area contributed by atoms with Gasteiger partial charge in [0.25, 0.3) is 0 Å². The highest BCUT2D eigenvalue weighted by Gasteiger charge is 2.34. The fraction of sp³-hybridized carbons (Fsp3) is 0.538. The zero-order chi connectivity index (χ0) is 14.8. The summed E-state index contributed by atoms with van der Waals surface area (Å²) in [6.07, 6.45) is -2.34. The van der Waals surface area contributed by atoms with Gasteiger partial charge in [-0.05, 0) is 37.9 Å². The van der Waals surface area contributed by atoms with Gasteiger partial charge in [0.1, 0.15) is 23.4 Å². The van der Waals surface area contributed by atoms with Crippen molar-refractivity contribution in [2.75, 3.05) is 6.54 Å². The molecule has 108 valence electrons. The molecule has 2 N–H and O–H groups in total. The molecule has 1 fully saturated rings. The summed E-state index contributed by atoms with van der Waals surface area (Å²) in [6, 6.07) is 3.65. The highest BCUT2D eigenvalue weighted by Crippen LogP contribution is 2.33. The van der Waals surface area contributed by atoms with E-state index in [1.54, 1.807) is 6.07 Å². The van der Waals surface area contributed by atoms with Crippen LogP contribution >= 0.6 is 0 Å². The van der Waals surface area contributed by atoms with Gasteiger partial charge in [-0.3, -0.25) is 0 Å². The van der Waals surface area contributed by atoms with E-state index in [0.717, 1.165) is 25.0 Å². The molecule has 2 atom stereocenters. The maximum absolute atomic E-state index is 12.6. The van der Waals surface area contributed by atoms with Crippen LogP contribution in [0.1, 0.15) is 30.5 Å². The molecule has 2 rings (SSSR count). The van der Waals surface area contributed by atoms with Crippen LogP contribution in [0.3, 0.4) is 0 Å². The fourth-order valence-corrected chi connectivity index (χ4v) is 2.34. The number of halogens is 3. The Morgan fingerprint density at radius 2 is 2.15 bits per heavy atom. The summed E-state index contributed by atoms with van der Waals surface area (Å²) in [5.74, 6) is -0.162. The molecule has 0 aromatic carbocycles. The Hall–Kier alpha value is -1.81. The van der Waals surface area contributed by atoms with Crippen molar-refractivity contribution in [3.63, 3.8) is 0 Å². The largest absolute Gasteiger partial charge is 0.473 e. The van der Waals surface area contributed by atoms with Crippen molar-refractivity contribution in [2.45, 2.75) is 31.5 Å². The van der Waals surface area contributed by atoms with Crippen LogP contribution in [-0.2, 0) is 6.18 Å². The Bertz CT molecular complexity index is 525. The molecule has 0 aliphatic heterocycles. The molecule has 1 aliphatic rings. The molecular weight excluding hydrogens is 271 g/mol. The average molecular weight is 285 g/mol. The lowest BCUT2D eigenvalue weighted by Crippen LogP contribution is -2.28. The minimum atomic E-state index is -4.56. The van der Waals surface area contributed by atoms with Crippen molar-refractivity contribution in [1.82, 2.24) is 4.98 Å². The topological polar surface area (TPSA) is 71.9 Å². The highest BCUT2D eigenvalue weighted by atomic mass is 19.4. The summed E-state index contributed by atoms with van der Waals surface area (Å²) in [5, 5.41) is 8.93. The van der Waals surface area contributed by atoms with E-state index < -0.39 is 11.9 Å². The second kappa shape index (κ2) is 5.67. The lowest BCUT2D eigenvalue weighted by atomic mass is 10.1. The first-order chi connectivity index (χ1) is 9.45. The molecule has 1 aromatic rings. The van der Waals surface area contributed by atoms with Crippen LogP contribution in [0.2, 0.25) is 0 Å². The third kappa shape index (κ3) is 3.02. The van der Waals surface area contributed by atoms with Gasteiger partial charge in [0.2, 0.25) is 5.88 Å². The van der Waals surface area contributed by atoms with Crippen molar-refractivity contribution < 1.29 is 17.9 Å². The molecule has 1 aliphatic carbocycles. The van der Waals surface area contributed by atoms with E-state index in [0.29, 0.717) is 13.0 Å². The van der Waals surface area contributed by atoms with Crippen molar-refractivity contribution in [1.29, 1.82) is 5.26 Å². The molecule has 0 saturated heterocycles. The van der Waals surface area contributed by atoms with E-state index in [1.165, 1.54) is 0 Å². The maximum Gasteiger partial charge on any atom is 0.433 e. The normalized spacial score (nSPS) is 22.6. The number of hydrogen-bond acceptors (Lipinski definition) is 4. The molecule has 4 nitrogen and oxygen atoms in total. The fourth-order valence-electron chi connectivity index (χ4n) is 2.34. The number of ether oxygens (including phenoxy) is 1. The van der Waals surface area contributed by atoms with Crippen LogP contribution in [-0.4, -0.2) is 17.6 Å². The number of nitrogens with zero attached hydrogens (tertiary/aromatic N) is 2. The third-order valence-corrected chi connectivity index (χ3v) is 3.43. The molecule has 1 aromatic heterocycles. The van der Waals surface area contributed by atoms with Crippen LogP contribution < -0.4 is 10.5 Å². The first kappa shape index (κ1) is 14.6. The summed E-state index contributed by atoms with van der Waals surface area (Å²) >= 11 is 0. The Morgan fingerprint density at radius 1 is 1.40 bits per heavy atom. The Labute approximate surface area is 114 Å². The molecular formula is C13H14F3N3O. The molecule has 0 radical (unpaired) electrons. The lowest BCUT2D eigenvalue weighted by Gasteiger charge is -2.20. The zero-order valence-corrected chi connectivity index (χ0v) is 10.7. The summed E-state index contributed by atoms with van der Waals surface area (Å²) in [7, 11) is 0. The predicted molar refractivity (Wildman–Crippen MR) is 64.8 cm³/mol. The zero-order valence-electron chi connectivity index (χ0n) is 10.7. The van der Waals surface area contributed by atoms with E-state index >= 15 is 0 Å². The highest BCUT2D eigenvalue weighted by molar-refractivity contribution is 5.39. The monoisotopic (exact) mass is 285 g/mol. The standard InChI is InChI=1S/C13H14F3N3O/c14-13(15,16)11-5-4-9(7-18)12(19-11)20-10-3-1-2-8(10)6-17/h4-5,8,10H,1-3,6,17H2. The van der Waals surface area contributed by atoms with E-state index in [1.807, 2.05) is 0 Å². The van der Waals surface area contributed by atoms with Gasteiger partial charge in [-0.15, -0.1) is 0 Å². The van der Waals surface area contributed by atoms with Gasteiger partial charge in [-0.1, -0.05) is 0 Å². The summed E-state index contributed by atoms with van der Waals surface area (Å²) in [6.45, 7) is 0.408. The Morgan fingerprint density at radius 3 is 2.75 bits per heavy atom. The molecule has 0 bridgehead atoms. The molecule has 1 heterocycles.